The Bertz CT molecular complexity index is 893. The third-order valence-corrected chi connectivity index (χ3v) is 3.84. The van der Waals surface area contributed by atoms with Crippen molar-refractivity contribution in [3.63, 3.8) is 0 Å². The molecule has 3 rings (SSSR count). The molecule has 0 heterocycles. The zero-order chi connectivity index (χ0) is 17.8. The predicted molar refractivity (Wildman–Crippen MR) is 95.2 cm³/mol. The van der Waals surface area contributed by atoms with E-state index in [4.69, 9.17) is 0 Å². The highest BCUT2D eigenvalue weighted by Gasteiger charge is 2.18. The molecule has 25 heavy (non-hydrogen) atoms. The maximum atomic E-state index is 12.4. The summed E-state index contributed by atoms with van der Waals surface area (Å²) in [5, 5.41) is 32.1. The van der Waals surface area contributed by atoms with Gasteiger partial charge in [-0.15, -0.1) is 0 Å². The minimum atomic E-state index is -1.29. The second-order valence-corrected chi connectivity index (χ2v) is 5.55. The molecule has 0 saturated heterocycles. The average Bonchev–Trinajstić information content (AvgIpc) is 2.64. The van der Waals surface area contributed by atoms with Crippen molar-refractivity contribution in [2.24, 2.45) is 0 Å². The summed E-state index contributed by atoms with van der Waals surface area (Å²) in [4.78, 5) is 12.4. The third kappa shape index (κ3) is 3.62. The number of anilines is 1. The minimum Gasteiger partial charge on any atom is -0.504 e. The standard InChI is InChI=1S/C20H17NO4/c22-17-11-10-14(12-18(17)23)15-8-4-5-9-16(15)21-20(25)19(24)13-6-2-1-3-7-13/h1-12,19,22-24H,(H,21,25). The normalized spacial score (nSPS) is 11.7. The van der Waals surface area contributed by atoms with E-state index in [0.29, 0.717) is 22.4 Å². The van der Waals surface area contributed by atoms with Crippen LogP contribution in [0.2, 0.25) is 0 Å². The Balaban J connectivity index is 1.88. The quantitative estimate of drug-likeness (QED) is 0.550. The Hall–Kier alpha value is -3.31. The van der Waals surface area contributed by atoms with Crippen molar-refractivity contribution >= 4 is 11.6 Å². The fourth-order valence-corrected chi connectivity index (χ4v) is 2.52. The molecule has 126 valence electrons. The highest BCUT2D eigenvalue weighted by atomic mass is 16.3. The van der Waals surface area contributed by atoms with Crippen LogP contribution in [0, 0.1) is 0 Å². The number of carbonyl (C=O) groups is 1. The second kappa shape index (κ2) is 7.07. The van der Waals surface area contributed by atoms with Crippen molar-refractivity contribution in [3.8, 4) is 22.6 Å². The van der Waals surface area contributed by atoms with Crippen LogP contribution < -0.4 is 5.32 Å². The van der Waals surface area contributed by atoms with Crippen LogP contribution >= 0.6 is 0 Å². The number of benzene rings is 3. The lowest BCUT2D eigenvalue weighted by molar-refractivity contribution is -0.124. The molecule has 0 spiro atoms. The van der Waals surface area contributed by atoms with Crippen LogP contribution in [0.4, 0.5) is 5.69 Å². The van der Waals surface area contributed by atoms with E-state index in [1.807, 2.05) is 0 Å². The summed E-state index contributed by atoms with van der Waals surface area (Å²) < 4.78 is 0. The molecule has 0 aliphatic heterocycles. The SMILES string of the molecule is O=C(Nc1ccccc1-c1ccc(O)c(O)c1)C(O)c1ccccc1. The number of aliphatic hydroxyl groups excluding tert-OH is 1. The van der Waals surface area contributed by atoms with Crippen molar-refractivity contribution in [1.29, 1.82) is 0 Å². The van der Waals surface area contributed by atoms with E-state index in [9.17, 15) is 20.1 Å². The van der Waals surface area contributed by atoms with Gasteiger partial charge in [-0.1, -0.05) is 54.6 Å². The summed E-state index contributed by atoms with van der Waals surface area (Å²) in [6, 6.07) is 20.1. The fourth-order valence-electron chi connectivity index (χ4n) is 2.52. The lowest BCUT2D eigenvalue weighted by Crippen LogP contribution is -2.21. The molecule has 0 radical (unpaired) electrons. The van der Waals surface area contributed by atoms with E-state index in [-0.39, 0.29) is 11.5 Å². The van der Waals surface area contributed by atoms with Crippen molar-refractivity contribution in [2.75, 3.05) is 5.32 Å². The summed E-state index contributed by atoms with van der Waals surface area (Å²) in [5.74, 6) is -1.02. The topological polar surface area (TPSA) is 89.8 Å². The summed E-state index contributed by atoms with van der Waals surface area (Å²) in [6.07, 6.45) is -1.29. The first-order chi connectivity index (χ1) is 12.1. The van der Waals surface area contributed by atoms with Crippen molar-refractivity contribution in [1.82, 2.24) is 0 Å². The Morgan fingerprint density at radius 2 is 1.52 bits per heavy atom. The molecule has 3 aromatic carbocycles. The molecular formula is C20H17NO4. The van der Waals surface area contributed by atoms with Crippen LogP contribution in [0.5, 0.6) is 11.5 Å². The van der Waals surface area contributed by atoms with Gasteiger partial charge in [-0.3, -0.25) is 4.79 Å². The molecule has 0 aliphatic rings. The number of hydrogen-bond donors (Lipinski definition) is 4. The monoisotopic (exact) mass is 335 g/mol. The van der Waals surface area contributed by atoms with Crippen LogP contribution in [-0.2, 0) is 4.79 Å². The van der Waals surface area contributed by atoms with Gasteiger partial charge in [0.2, 0.25) is 0 Å². The number of aliphatic hydroxyl groups is 1. The maximum absolute atomic E-state index is 12.4. The lowest BCUT2D eigenvalue weighted by Gasteiger charge is -2.15. The lowest BCUT2D eigenvalue weighted by atomic mass is 10.0. The van der Waals surface area contributed by atoms with E-state index < -0.39 is 12.0 Å². The number of aromatic hydroxyl groups is 2. The van der Waals surface area contributed by atoms with E-state index in [1.54, 1.807) is 60.7 Å². The van der Waals surface area contributed by atoms with Gasteiger partial charge in [-0.25, -0.2) is 0 Å². The summed E-state index contributed by atoms with van der Waals surface area (Å²) >= 11 is 0. The molecule has 1 atom stereocenters. The Morgan fingerprint density at radius 3 is 2.24 bits per heavy atom. The van der Waals surface area contributed by atoms with Crippen molar-refractivity contribution in [2.45, 2.75) is 6.10 Å². The van der Waals surface area contributed by atoms with E-state index in [1.165, 1.54) is 12.1 Å². The number of para-hydroxylation sites is 1. The van der Waals surface area contributed by atoms with Crippen LogP contribution in [0.25, 0.3) is 11.1 Å². The molecule has 4 N–H and O–H groups in total. The third-order valence-electron chi connectivity index (χ3n) is 3.84. The number of amides is 1. The molecule has 0 saturated carbocycles. The number of phenols is 2. The largest absolute Gasteiger partial charge is 0.504 e. The van der Waals surface area contributed by atoms with Gasteiger partial charge in [0.25, 0.3) is 5.91 Å². The molecule has 0 fully saturated rings. The molecule has 5 nitrogen and oxygen atoms in total. The molecule has 1 amide bonds. The molecule has 5 heteroatoms. The minimum absolute atomic E-state index is 0.218. The Kier molecular flexibility index (Phi) is 4.68. The van der Waals surface area contributed by atoms with Gasteiger partial charge >= 0.3 is 0 Å². The van der Waals surface area contributed by atoms with Gasteiger partial charge < -0.3 is 20.6 Å². The highest BCUT2D eigenvalue weighted by molar-refractivity contribution is 5.98. The molecule has 0 aliphatic carbocycles. The van der Waals surface area contributed by atoms with Gasteiger partial charge in [0, 0.05) is 11.3 Å². The van der Waals surface area contributed by atoms with Gasteiger partial charge in [-0.05, 0) is 29.3 Å². The van der Waals surface area contributed by atoms with E-state index in [0.717, 1.165) is 0 Å². The van der Waals surface area contributed by atoms with Crippen molar-refractivity contribution in [3.05, 3.63) is 78.4 Å². The Morgan fingerprint density at radius 1 is 0.840 bits per heavy atom. The molecule has 3 aromatic rings. The molecule has 0 bridgehead atoms. The molecule has 0 aromatic heterocycles. The van der Waals surface area contributed by atoms with Gasteiger partial charge in [0.05, 0.1) is 0 Å². The number of phenolic OH excluding ortho intramolecular Hbond substituents is 2. The number of carbonyl (C=O) groups excluding carboxylic acids is 1. The first-order valence-electron chi connectivity index (χ1n) is 7.71. The zero-order valence-electron chi connectivity index (χ0n) is 13.3. The van der Waals surface area contributed by atoms with Crippen molar-refractivity contribution < 1.29 is 20.1 Å². The van der Waals surface area contributed by atoms with Gasteiger partial charge in [0.1, 0.15) is 0 Å². The average molecular weight is 335 g/mol. The highest BCUT2D eigenvalue weighted by Crippen LogP contribution is 2.34. The van der Waals surface area contributed by atoms with E-state index >= 15 is 0 Å². The van der Waals surface area contributed by atoms with Crippen LogP contribution in [0.15, 0.2) is 72.8 Å². The smallest absolute Gasteiger partial charge is 0.257 e. The fraction of sp³-hybridized carbons (Fsp3) is 0.0500. The second-order valence-electron chi connectivity index (χ2n) is 5.55. The first kappa shape index (κ1) is 16.5. The number of rotatable bonds is 4. The predicted octanol–water partition coefficient (Wildman–Crippen LogP) is 3.44. The van der Waals surface area contributed by atoms with Crippen LogP contribution in [0.3, 0.4) is 0 Å². The molecular weight excluding hydrogens is 318 g/mol. The maximum Gasteiger partial charge on any atom is 0.257 e. The summed E-state index contributed by atoms with van der Waals surface area (Å²) in [7, 11) is 0. The van der Waals surface area contributed by atoms with Crippen LogP contribution in [-0.4, -0.2) is 21.2 Å². The summed E-state index contributed by atoms with van der Waals surface area (Å²) in [5.41, 5.74) is 2.28. The Labute approximate surface area is 144 Å². The van der Waals surface area contributed by atoms with Gasteiger partial charge in [0.15, 0.2) is 17.6 Å². The van der Waals surface area contributed by atoms with Crippen LogP contribution in [0.1, 0.15) is 11.7 Å². The van der Waals surface area contributed by atoms with E-state index in [2.05, 4.69) is 5.32 Å². The molecule has 1 unspecified atom stereocenters. The zero-order valence-corrected chi connectivity index (χ0v) is 13.3. The number of hydrogen-bond acceptors (Lipinski definition) is 4. The van der Waals surface area contributed by atoms with Gasteiger partial charge in [-0.2, -0.15) is 0 Å². The number of nitrogens with one attached hydrogen (secondary N) is 1. The summed E-state index contributed by atoms with van der Waals surface area (Å²) in [6.45, 7) is 0. The first-order valence-corrected chi connectivity index (χ1v) is 7.71.